The van der Waals surface area contributed by atoms with Gasteiger partial charge in [0, 0.05) is 6.54 Å². The highest BCUT2D eigenvalue weighted by Gasteiger charge is 2.26. The molecule has 1 aromatic carbocycles. The van der Waals surface area contributed by atoms with Gasteiger partial charge in [0.1, 0.15) is 31.1 Å². The molecule has 0 radical (unpaired) electrons. The maximum Gasteiger partial charge on any atom is 0.264 e. The van der Waals surface area contributed by atoms with Crippen LogP contribution in [0.5, 0.6) is 5.75 Å². The highest BCUT2D eigenvalue weighted by Crippen LogP contribution is 2.24. The van der Waals surface area contributed by atoms with E-state index in [1.165, 1.54) is 17.7 Å². The van der Waals surface area contributed by atoms with Gasteiger partial charge in [-0.25, -0.2) is 9.67 Å². The molecule has 0 spiro atoms. The third kappa shape index (κ3) is 4.37. The van der Waals surface area contributed by atoms with E-state index >= 15 is 0 Å². The molecule has 9 heteroatoms. The van der Waals surface area contributed by atoms with Gasteiger partial charge in [-0.3, -0.25) is 4.79 Å². The van der Waals surface area contributed by atoms with E-state index in [-0.39, 0.29) is 12.0 Å². The number of ether oxygens (including phenoxy) is 2. The minimum atomic E-state index is -0.152. The molecule has 3 heterocycles. The summed E-state index contributed by atoms with van der Waals surface area (Å²) in [4.78, 5) is 19.1. The molecule has 0 saturated carbocycles. The highest BCUT2D eigenvalue weighted by atomic mass is 79.9. The van der Waals surface area contributed by atoms with Crippen LogP contribution >= 0.6 is 27.3 Å². The molecule has 7 nitrogen and oxygen atoms in total. The molecule has 1 saturated heterocycles. The van der Waals surface area contributed by atoms with Crippen LogP contribution < -0.4 is 4.74 Å². The number of nitrogens with zero attached hydrogens (tertiary/aromatic N) is 4. The maximum absolute atomic E-state index is 12.6. The number of carbonyl (C=O) groups is 1. The first-order chi connectivity index (χ1) is 13.2. The summed E-state index contributed by atoms with van der Waals surface area (Å²) in [7, 11) is 0. The average Bonchev–Trinajstić information content (AvgIpc) is 3.38. The van der Waals surface area contributed by atoms with Crippen LogP contribution in [0.2, 0.25) is 0 Å². The Morgan fingerprint density at radius 3 is 2.85 bits per heavy atom. The standard InChI is InChI=1S/C18H17BrN4O3S/c19-17-6-5-16(27-17)18(24)22-7-8-25-15(9-22)10-26-14-3-1-13(2-4-14)23-12-20-11-21-23/h1-6,11-12,15H,7-10H2. The minimum Gasteiger partial charge on any atom is -0.491 e. The van der Waals surface area contributed by atoms with Crippen molar-refractivity contribution in [2.24, 2.45) is 0 Å². The molecule has 3 aromatic rings. The van der Waals surface area contributed by atoms with Crippen molar-refractivity contribution in [2.45, 2.75) is 6.10 Å². The lowest BCUT2D eigenvalue weighted by molar-refractivity contribution is -0.0399. The SMILES string of the molecule is O=C(c1ccc(Br)s1)N1CCOC(COc2ccc(-n3cncn3)cc2)C1. The van der Waals surface area contributed by atoms with Crippen molar-refractivity contribution in [1.29, 1.82) is 0 Å². The lowest BCUT2D eigenvalue weighted by Crippen LogP contribution is -2.47. The zero-order chi connectivity index (χ0) is 18.6. The Morgan fingerprint density at radius 2 is 2.15 bits per heavy atom. The zero-order valence-corrected chi connectivity index (χ0v) is 16.7. The molecule has 0 aliphatic carbocycles. The Hall–Kier alpha value is -2.23. The van der Waals surface area contributed by atoms with E-state index < -0.39 is 0 Å². The second-order valence-electron chi connectivity index (χ2n) is 5.99. The van der Waals surface area contributed by atoms with Crippen LogP contribution in [0.15, 0.2) is 52.8 Å². The smallest absolute Gasteiger partial charge is 0.264 e. The van der Waals surface area contributed by atoms with Gasteiger partial charge < -0.3 is 14.4 Å². The summed E-state index contributed by atoms with van der Waals surface area (Å²) in [5, 5.41) is 4.09. The zero-order valence-electron chi connectivity index (χ0n) is 14.3. The molecule has 1 unspecified atom stereocenters. The largest absolute Gasteiger partial charge is 0.491 e. The van der Waals surface area contributed by atoms with Crippen LogP contribution in [-0.2, 0) is 4.74 Å². The molecule has 1 aliphatic heterocycles. The Kier molecular flexibility index (Phi) is 5.51. The monoisotopic (exact) mass is 448 g/mol. The topological polar surface area (TPSA) is 69.5 Å². The van der Waals surface area contributed by atoms with Crippen molar-refractivity contribution >= 4 is 33.2 Å². The van der Waals surface area contributed by atoms with Crippen LogP contribution in [0.4, 0.5) is 0 Å². The van der Waals surface area contributed by atoms with Gasteiger partial charge in [0.15, 0.2) is 0 Å². The Labute approximate surface area is 168 Å². The fraction of sp³-hybridized carbons (Fsp3) is 0.278. The molecule has 1 atom stereocenters. The normalized spacial score (nSPS) is 17.1. The van der Waals surface area contributed by atoms with E-state index in [2.05, 4.69) is 26.0 Å². The Balaban J connectivity index is 1.32. The molecule has 140 valence electrons. The summed E-state index contributed by atoms with van der Waals surface area (Å²) < 4.78 is 14.2. The fourth-order valence-electron chi connectivity index (χ4n) is 2.82. The van der Waals surface area contributed by atoms with Crippen molar-refractivity contribution in [3.05, 3.63) is 57.7 Å². The molecule has 4 rings (SSSR count). The second-order valence-corrected chi connectivity index (χ2v) is 8.46. The summed E-state index contributed by atoms with van der Waals surface area (Å²) in [6.07, 6.45) is 2.98. The number of rotatable bonds is 5. The van der Waals surface area contributed by atoms with Gasteiger partial charge in [-0.05, 0) is 52.3 Å². The van der Waals surface area contributed by atoms with E-state index in [9.17, 15) is 4.79 Å². The van der Waals surface area contributed by atoms with Gasteiger partial charge >= 0.3 is 0 Å². The number of carbonyl (C=O) groups excluding carboxylic acids is 1. The Bertz CT molecular complexity index is 898. The predicted molar refractivity (Wildman–Crippen MR) is 105 cm³/mol. The summed E-state index contributed by atoms with van der Waals surface area (Å²) in [5.41, 5.74) is 0.910. The van der Waals surface area contributed by atoms with Gasteiger partial charge in [-0.15, -0.1) is 11.3 Å². The van der Waals surface area contributed by atoms with Crippen LogP contribution in [0, 0.1) is 0 Å². The van der Waals surface area contributed by atoms with E-state index in [1.54, 1.807) is 11.0 Å². The number of amides is 1. The third-order valence-electron chi connectivity index (χ3n) is 4.17. The first-order valence-electron chi connectivity index (χ1n) is 8.43. The quantitative estimate of drug-likeness (QED) is 0.599. The second kappa shape index (κ2) is 8.20. The summed E-state index contributed by atoms with van der Waals surface area (Å²) >= 11 is 4.84. The number of halogens is 1. The van der Waals surface area contributed by atoms with E-state index in [4.69, 9.17) is 9.47 Å². The van der Waals surface area contributed by atoms with E-state index in [1.807, 2.05) is 41.3 Å². The summed E-state index contributed by atoms with van der Waals surface area (Å²) in [5.74, 6) is 0.782. The first kappa shape index (κ1) is 18.1. The molecular weight excluding hydrogens is 432 g/mol. The van der Waals surface area contributed by atoms with Gasteiger partial charge in [-0.1, -0.05) is 0 Å². The lowest BCUT2D eigenvalue weighted by Gasteiger charge is -2.32. The number of aromatic nitrogens is 3. The van der Waals surface area contributed by atoms with Crippen molar-refractivity contribution in [1.82, 2.24) is 19.7 Å². The first-order valence-corrected chi connectivity index (χ1v) is 10.0. The van der Waals surface area contributed by atoms with Crippen molar-refractivity contribution in [3.63, 3.8) is 0 Å². The van der Waals surface area contributed by atoms with Crippen LogP contribution in [0.3, 0.4) is 0 Å². The van der Waals surface area contributed by atoms with E-state index in [0.717, 1.165) is 20.1 Å². The van der Waals surface area contributed by atoms with Crippen molar-refractivity contribution in [2.75, 3.05) is 26.3 Å². The van der Waals surface area contributed by atoms with Gasteiger partial charge in [0.05, 0.1) is 27.5 Å². The van der Waals surface area contributed by atoms with Gasteiger partial charge in [-0.2, -0.15) is 5.10 Å². The Morgan fingerprint density at radius 1 is 1.30 bits per heavy atom. The van der Waals surface area contributed by atoms with Gasteiger partial charge in [0.2, 0.25) is 0 Å². The molecule has 1 aliphatic rings. The fourth-order valence-corrected chi connectivity index (χ4v) is 4.17. The minimum absolute atomic E-state index is 0.0381. The third-order valence-corrected chi connectivity index (χ3v) is 5.78. The number of morpholine rings is 1. The molecule has 1 amide bonds. The molecular formula is C18H17BrN4O3S. The number of hydrogen-bond acceptors (Lipinski definition) is 6. The molecule has 0 bridgehead atoms. The van der Waals surface area contributed by atoms with Gasteiger partial charge in [0.25, 0.3) is 5.91 Å². The van der Waals surface area contributed by atoms with Crippen molar-refractivity contribution in [3.8, 4) is 11.4 Å². The maximum atomic E-state index is 12.6. The number of hydrogen-bond donors (Lipinski definition) is 0. The van der Waals surface area contributed by atoms with Crippen molar-refractivity contribution < 1.29 is 14.3 Å². The number of thiophene rings is 1. The lowest BCUT2D eigenvalue weighted by atomic mass is 10.2. The average molecular weight is 449 g/mol. The molecule has 2 aromatic heterocycles. The number of benzene rings is 1. The van der Waals surface area contributed by atoms with Crippen LogP contribution in [-0.4, -0.2) is 58.0 Å². The van der Waals surface area contributed by atoms with Crippen LogP contribution in [0.1, 0.15) is 9.67 Å². The molecule has 27 heavy (non-hydrogen) atoms. The predicted octanol–water partition coefficient (Wildman–Crippen LogP) is 3.01. The molecule has 1 fully saturated rings. The molecule has 0 N–H and O–H groups in total. The summed E-state index contributed by atoms with van der Waals surface area (Å²) in [6.45, 7) is 2.01. The highest BCUT2D eigenvalue weighted by molar-refractivity contribution is 9.11. The van der Waals surface area contributed by atoms with Crippen LogP contribution in [0.25, 0.3) is 5.69 Å². The summed E-state index contributed by atoms with van der Waals surface area (Å²) in [6, 6.07) is 11.3. The van der Waals surface area contributed by atoms with E-state index in [0.29, 0.717) is 26.3 Å².